The number of benzene rings is 6. The molecule has 23 heteroatoms. The third-order valence-corrected chi connectivity index (χ3v) is 17.6. The first-order valence-corrected chi connectivity index (χ1v) is 30.4. The van der Waals surface area contributed by atoms with Gasteiger partial charge in [-0.05, 0) is 135 Å². The van der Waals surface area contributed by atoms with Crippen LogP contribution in [0.3, 0.4) is 0 Å². The second-order valence-electron chi connectivity index (χ2n) is 23.3. The van der Waals surface area contributed by atoms with Gasteiger partial charge in [0, 0.05) is 85.8 Å². The average Bonchev–Trinajstić information content (AvgIpc) is 1.93. The van der Waals surface area contributed by atoms with Gasteiger partial charge in [-0.15, -0.1) is 15.3 Å². The van der Waals surface area contributed by atoms with Gasteiger partial charge >= 0.3 is 0 Å². The molecule has 0 bridgehead atoms. The van der Waals surface area contributed by atoms with Crippen LogP contribution in [-0.2, 0) is 4.74 Å². The van der Waals surface area contributed by atoms with E-state index in [2.05, 4.69) is 63.4 Å². The summed E-state index contributed by atoms with van der Waals surface area (Å²) in [4.78, 5) is 48.8. The Hall–Kier alpha value is -10.5. The van der Waals surface area contributed by atoms with Crippen LogP contribution in [0.15, 0.2) is 152 Å². The molecule has 9 heterocycles. The minimum atomic E-state index is -0.271. The molecule has 12 aromatic rings. The highest BCUT2D eigenvalue weighted by Gasteiger charge is 2.32. The SMILES string of the molecule is COCCNC(=O)c1ccc(-n2nc(-c3cn(-c4cc(C(=O)N5CCCCC5)cc(C5CCN(CC6CCCN(C(=O)c7cccc(-n8cc(-c9n[nH]c%10ccccc9%10)nn8)c7)C6)C5)c4)nn3)c3ccccc32)c(-n2cc(-c3n[nH]c4ccccc34)nn2)c1. The van der Waals surface area contributed by atoms with Crippen molar-refractivity contribution in [3.8, 4) is 56.9 Å². The summed E-state index contributed by atoms with van der Waals surface area (Å²) in [6, 6.07) is 42.9. The summed E-state index contributed by atoms with van der Waals surface area (Å²) in [6.07, 6.45) is 11.5. The average molecular weight is 1190 g/mol. The number of likely N-dealkylation sites (tertiary alicyclic amines) is 3. The van der Waals surface area contributed by atoms with Crippen molar-refractivity contribution in [1.82, 2.24) is 95.2 Å². The first-order chi connectivity index (χ1) is 43.8. The smallest absolute Gasteiger partial charge is 0.253 e. The van der Waals surface area contributed by atoms with Crippen molar-refractivity contribution in [1.29, 1.82) is 0 Å². The molecule has 0 saturated carbocycles. The normalized spacial score (nSPS) is 16.5. The van der Waals surface area contributed by atoms with Gasteiger partial charge in [0.2, 0.25) is 0 Å². The molecular weight excluding hydrogens is 1120 g/mol. The lowest BCUT2D eigenvalue weighted by molar-refractivity contribution is 0.0647. The van der Waals surface area contributed by atoms with Gasteiger partial charge in [0.25, 0.3) is 17.7 Å². The van der Waals surface area contributed by atoms with Gasteiger partial charge in [-0.1, -0.05) is 76.3 Å². The number of ether oxygens (including phenoxy) is 1. The maximum absolute atomic E-state index is 14.5. The van der Waals surface area contributed by atoms with E-state index in [0.717, 1.165) is 127 Å². The lowest BCUT2D eigenvalue weighted by atomic mass is 9.94. The molecule has 3 fully saturated rings. The number of aromatic nitrogens is 15. The maximum atomic E-state index is 14.5. The van der Waals surface area contributed by atoms with Crippen LogP contribution in [0.4, 0.5) is 0 Å². The van der Waals surface area contributed by atoms with Crippen LogP contribution < -0.4 is 5.32 Å². The van der Waals surface area contributed by atoms with Crippen LogP contribution in [0.1, 0.15) is 81.1 Å². The lowest BCUT2D eigenvalue weighted by Gasteiger charge is -2.35. The Morgan fingerprint density at radius 2 is 1.21 bits per heavy atom. The molecule has 3 aliphatic heterocycles. The summed E-state index contributed by atoms with van der Waals surface area (Å²) in [7, 11) is 1.59. The van der Waals surface area contributed by atoms with E-state index in [9.17, 15) is 14.4 Å². The van der Waals surface area contributed by atoms with E-state index in [4.69, 9.17) is 20.1 Å². The summed E-state index contributed by atoms with van der Waals surface area (Å²) >= 11 is 0. The molecule has 2 unspecified atom stereocenters. The van der Waals surface area contributed by atoms with E-state index in [1.165, 1.54) is 0 Å². The zero-order chi connectivity index (χ0) is 60.0. The van der Waals surface area contributed by atoms with Crippen molar-refractivity contribution in [2.24, 2.45) is 5.92 Å². The van der Waals surface area contributed by atoms with Gasteiger partial charge < -0.3 is 24.8 Å². The van der Waals surface area contributed by atoms with Crippen molar-refractivity contribution in [3.63, 3.8) is 0 Å². The molecule has 15 rings (SSSR count). The number of nitrogens with one attached hydrogen (secondary N) is 3. The summed E-state index contributed by atoms with van der Waals surface area (Å²) in [5.74, 6) is 0.223. The first-order valence-electron chi connectivity index (χ1n) is 30.4. The fourth-order valence-electron chi connectivity index (χ4n) is 13.0. The summed E-state index contributed by atoms with van der Waals surface area (Å²) in [6.45, 7) is 6.12. The second-order valence-corrected chi connectivity index (χ2v) is 23.3. The molecule has 0 aliphatic carbocycles. The molecular formula is C66H63N19O4. The van der Waals surface area contributed by atoms with Crippen molar-refractivity contribution >= 4 is 50.4 Å². The Morgan fingerprint density at radius 3 is 1.97 bits per heavy atom. The van der Waals surface area contributed by atoms with Crippen LogP contribution >= 0.6 is 0 Å². The molecule has 23 nitrogen and oxygen atoms in total. The van der Waals surface area contributed by atoms with Crippen LogP contribution in [-0.4, -0.2) is 174 Å². The largest absolute Gasteiger partial charge is 0.383 e. The quantitative estimate of drug-likeness (QED) is 0.0765. The highest BCUT2D eigenvalue weighted by molar-refractivity contribution is 5.98. The maximum Gasteiger partial charge on any atom is 0.253 e. The predicted molar refractivity (Wildman–Crippen MR) is 334 cm³/mol. The van der Waals surface area contributed by atoms with Gasteiger partial charge in [0.05, 0.1) is 64.5 Å². The minimum absolute atomic E-state index is 0.00794. The van der Waals surface area contributed by atoms with Crippen molar-refractivity contribution in [2.75, 3.05) is 66.1 Å². The number of fused-ring (bicyclic) bond motifs is 3. The Kier molecular flexibility index (Phi) is 14.6. The fourth-order valence-corrected chi connectivity index (χ4v) is 13.0. The van der Waals surface area contributed by atoms with E-state index < -0.39 is 0 Å². The van der Waals surface area contributed by atoms with Gasteiger partial charge in [0.15, 0.2) is 0 Å². The monoisotopic (exact) mass is 1190 g/mol. The zero-order valence-electron chi connectivity index (χ0n) is 49.0. The number of nitrogens with zero attached hydrogens (tertiary/aromatic N) is 16. The van der Waals surface area contributed by atoms with E-state index in [-0.39, 0.29) is 23.6 Å². The number of carbonyl (C=O) groups excluding carboxylic acids is 3. The van der Waals surface area contributed by atoms with E-state index in [1.54, 1.807) is 39.5 Å². The molecule has 3 aliphatic rings. The number of para-hydroxylation sites is 3. The topological polar surface area (TPSA) is 249 Å². The Labute approximate surface area is 510 Å². The number of hydrogen-bond acceptors (Lipinski definition) is 14. The molecule has 2 atom stereocenters. The predicted octanol–water partition coefficient (Wildman–Crippen LogP) is 8.87. The van der Waals surface area contributed by atoms with Crippen LogP contribution in [0.25, 0.3) is 89.6 Å². The summed E-state index contributed by atoms with van der Waals surface area (Å²) < 4.78 is 12.1. The highest BCUT2D eigenvalue weighted by atomic mass is 16.5. The highest BCUT2D eigenvalue weighted by Crippen LogP contribution is 2.36. The molecule has 3 amide bonds. The molecule has 0 spiro atoms. The molecule has 3 N–H and O–H groups in total. The second kappa shape index (κ2) is 23.6. The third kappa shape index (κ3) is 10.8. The van der Waals surface area contributed by atoms with Gasteiger partial charge in [0.1, 0.15) is 34.2 Å². The van der Waals surface area contributed by atoms with Gasteiger partial charge in [-0.3, -0.25) is 24.6 Å². The lowest BCUT2D eigenvalue weighted by Crippen LogP contribution is -2.43. The summed E-state index contributed by atoms with van der Waals surface area (Å²) in [5.41, 5.74) is 11.6. The van der Waals surface area contributed by atoms with Crippen LogP contribution in [0, 0.1) is 5.92 Å². The molecule has 89 heavy (non-hydrogen) atoms. The number of H-pyrrole nitrogens is 2. The number of aromatic amines is 2. The number of carbonyl (C=O) groups is 3. The van der Waals surface area contributed by atoms with E-state index in [0.29, 0.717) is 88.7 Å². The standard InChI is InChI=1S/C66H63N19O4/c1-89-30-25-67-64(86)43-22-23-59(60(35-43)84-41-56(71-78-84)62-51-17-4-7-20-54(51)69-74-62)85-58-21-8-5-18-52(58)63(75-85)57-40-83(77-72-57)49-33-46(31-47(34-49)66(88)80-26-9-2-10-27-80)45-24-29-79(38-45)36-42-13-12-28-81(37-42)65(87)44-14-11-15-48(32-44)82-39-55(70-76-82)61-50-16-3-6-19-53(50)68-73-61/h3-8,11,14-23,31-35,39-42,45H,2,9-10,12-13,24-30,36-38H2,1H3,(H,67,86)(H,68,73)(H,69,74). The number of hydrogen-bond donors (Lipinski definition) is 3. The first kappa shape index (κ1) is 55.1. The van der Waals surface area contributed by atoms with Crippen molar-refractivity contribution in [2.45, 2.75) is 44.4 Å². The molecule has 446 valence electrons. The van der Waals surface area contributed by atoms with E-state index in [1.807, 2.05) is 136 Å². The van der Waals surface area contributed by atoms with Crippen molar-refractivity contribution < 1.29 is 19.1 Å². The third-order valence-electron chi connectivity index (χ3n) is 17.6. The Bertz CT molecular complexity index is 4620. The molecule has 6 aromatic heterocycles. The van der Waals surface area contributed by atoms with Gasteiger partial charge in [-0.2, -0.15) is 15.3 Å². The van der Waals surface area contributed by atoms with Gasteiger partial charge in [-0.25, -0.2) is 18.7 Å². The number of amides is 3. The number of piperidine rings is 2. The molecule has 0 radical (unpaired) electrons. The van der Waals surface area contributed by atoms with E-state index >= 15 is 0 Å². The fraction of sp³-hybridized carbons (Fsp3) is 0.273. The Morgan fingerprint density at radius 1 is 0.562 bits per heavy atom. The number of methoxy groups -OCH3 is 1. The minimum Gasteiger partial charge on any atom is -0.383 e. The van der Waals surface area contributed by atoms with Crippen LogP contribution in [0.5, 0.6) is 0 Å². The Balaban J connectivity index is 0.686. The summed E-state index contributed by atoms with van der Waals surface area (Å²) in [5, 5.41) is 53.6. The van der Waals surface area contributed by atoms with Crippen molar-refractivity contribution in [3.05, 3.63) is 174 Å². The zero-order valence-corrected chi connectivity index (χ0v) is 49.0. The van der Waals surface area contributed by atoms with Crippen LogP contribution in [0.2, 0.25) is 0 Å². The molecule has 6 aromatic carbocycles. The molecule has 3 saturated heterocycles. The number of rotatable bonds is 16.